The zero-order valence-corrected chi connectivity index (χ0v) is 7.49. The Kier molecular flexibility index (Phi) is 5.16. The van der Waals surface area contributed by atoms with Crippen LogP contribution in [0.4, 0.5) is 0 Å². The molecule has 0 aliphatic carbocycles. The highest BCUT2D eigenvalue weighted by molar-refractivity contribution is 4.91. The summed E-state index contributed by atoms with van der Waals surface area (Å²) < 4.78 is 0. The predicted octanol–water partition coefficient (Wildman–Crippen LogP) is 1.33. The Hall–Kier alpha value is -0.340. The number of allylic oxidation sites excluding steroid dienone is 1. The van der Waals surface area contributed by atoms with Gasteiger partial charge in [0.2, 0.25) is 0 Å². The molecule has 2 heteroatoms. The van der Waals surface area contributed by atoms with E-state index in [9.17, 15) is 0 Å². The van der Waals surface area contributed by atoms with Crippen molar-refractivity contribution in [2.75, 3.05) is 0 Å². The van der Waals surface area contributed by atoms with E-state index in [0.717, 1.165) is 6.42 Å². The molecule has 0 fully saturated rings. The Morgan fingerprint density at radius 3 is 2.09 bits per heavy atom. The third kappa shape index (κ3) is 6.07. The van der Waals surface area contributed by atoms with Crippen LogP contribution in [-0.4, -0.2) is 22.4 Å². The van der Waals surface area contributed by atoms with Gasteiger partial charge in [0.25, 0.3) is 0 Å². The summed E-state index contributed by atoms with van der Waals surface area (Å²) in [4.78, 5) is 0. The van der Waals surface area contributed by atoms with Crippen molar-refractivity contribution in [3.63, 3.8) is 0 Å². The van der Waals surface area contributed by atoms with E-state index in [1.54, 1.807) is 13.0 Å². The zero-order chi connectivity index (χ0) is 8.85. The molecule has 0 spiro atoms. The van der Waals surface area contributed by atoms with Crippen molar-refractivity contribution in [1.29, 1.82) is 0 Å². The Balaban J connectivity index is 3.56. The van der Waals surface area contributed by atoms with Crippen LogP contribution in [0.3, 0.4) is 0 Å². The summed E-state index contributed by atoms with van der Waals surface area (Å²) >= 11 is 0. The van der Waals surface area contributed by atoms with Gasteiger partial charge in [-0.15, -0.1) is 0 Å². The van der Waals surface area contributed by atoms with E-state index in [0.29, 0.717) is 5.92 Å². The minimum atomic E-state index is -0.714. The minimum Gasteiger partial charge on any atom is -0.390 e. The van der Waals surface area contributed by atoms with Crippen LogP contribution in [-0.2, 0) is 0 Å². The first-order valence-electron chi connectivity index (χ1n) is 4.06. The second-order valence-corrected chi connectivity index (χ2v) is 3.29. The Labute approximate surface area is 68.6 Å². The van der Waals surface area contributed by atoms with Gasteiger partial charge in [0, 0.05) is 0 Å². The third-order valence-electron chi connectivity index (χ3n) is 1.44. The van der Waals surface area contributed by atoms with Gasteiger partial charge in [-0.1, -0.05) is 26.0 Å². The molecule has 0 rings (SSSR count). The lowest BCUT2D eigenvalue weighted by atomic mass is 10.1. The van der Waals surface area contributed by atoms with Crippen LogP contribution in [0, 0.1) is 5.92 Å². The lowest BCUT2D eigenvalue weighted by Gasteiger charge is -2.07. The van der Waals surface area contributed by atoms with Gasteiger partial charge in [0.15, 0.2) is 0 Å². The van der Waals surface area contributed by atoms with Gasteiger partial charge in [-0.3, -0.25) is 0 Å². The molecule has 0 aliphatic rings. The molecular weight excluding hydrogens is 140 g/mol. The fourth-order valence-corrected chi connectivity index (χ4v) is 0.651. The first kappa shape index (κ1) is 10.7. The third-order valence-corrected chi connectivity index (χ3v) is 1.44. The second-order valence-electron chi connectivity index (χ2n) is 3.29. The fraction of sp³-hybridized carbons (Fsp3) is 0.778. The molecule has 11 heavy (non-hydrogen) atoms. The molecule has 0 aromatic heterocycles. The molecule has 0 aliphatic heterocycles. The highest BCUT2D eigenvalue weighted by Crippen LogP contribution is 2.02. The zero-order valence-electron chi connectivity index (χ0n) is 7.49. The molecule has 0 aromatic rings. The molecule has 0 amide bonds. The van der Waals surface area contributed by atoms with E-state index < -0.39 is 12.2 Å². The molecule has 0 saturated heterocycles. The summed E-state index contributed by atoms with van der Waals surface area (Å²) in [6.45, 7) is 5.79. The van der Waals surface area contributed by atoms with Crippen LogP contribution in [0.5, 0.6) is 0 Å². The van der Waals surface area contributed by atoms with Gasteiger partial charge in [0.1, 0.15) is 0 Å². The number of hydrogen-bond donors (Lipinski definition) is 2. The molecule has 0 heterocycles. The molecule has 0 saturated carbocycles. The number of rotatable bonds is 4. The van der Waals surface area contributed by atoms with E-state index in [2.05, 4.69) is 13.8 Å². The summed E-state index contributed by atoms with van der Waals surface area (Å²) in [6.07, 6.45) is 3.11. The van der Waals surface area contributed by atoms with Gasteiger partial charge in [0.05, 0.1) is 12.2 Å². The standard InChI is InChI=1S/C9H18O2/c1-7(2)5-4-6-9(11)8(3)10/h4,6-11H,5H2,1-3H3. The topological polar surface area (TPSA) is 40.5 Å². The Morgan fingerprint density at radius 2 is 1.73 bits per heavy atom. The highest BCUT2D eigenvalue weighted by Gasteiger charge is 2.04. The molecule has 0 bridgehead atoms. The van der Waals surface area contributed by atoms with Gasteiger partial charge >= 0.3 is 0 Å². The Bertz CT molecular complexity index is 117. The van der Waals surface area contributed by atoms with Crippen molar-refractivity contribution in [2.45, 2.75) is 39.4 Å². The molecule has 2 nitrogen and oxygen atoms in total. The lowest BCUT2D eigenvalue weighted by molar-refractivity contribution is 0.0617. The van der Waals surface area contributed by atoms with E-state index >= 15 is 0 Å². The largest absolute Gasteiger partial charge is 0.390 e. The Morgan fingerprint density at radius 1 is 1.18 bits per heavy atom. The summed E-state index contributed by atoms with van der Waals surface area (Å²) in [5.41, 5.74) is 0. The van der Waals surface area contributed by atoms with E-state index in [1.807, 2.05) is 6.08 Å². The summed E-state index contributed by atoms with van der Waals surface area (Å²) in [5, 5.41) is 18.0. The van der Waals surface area contributed by atoms with Gasteiger partial charge in [-0.25, -0.2) is 0 Å². The fourth-order valence-electron chi connectivity index (χ4n) is 0.651. The maximum absolute atomic E-state index is 9.10. The van der Waals surface area contributed by atoms with Crippen LogP contribution in [0.1, 0.15) is 27.2 Å². The number of hydrogen-bond acceptors (Lipinski definition) is 2. The minimum absolute atomic E-state index is 0.604. The van der Waals surface area contributed by atoms with E-state index in [-0.39, 0.29) is 0 Å². The molecule has 2 unspecified atom stereocenters. The van der Waals surface area contributed by atoms with E-state index in [1.165, 1.54) is 0 Å². The molecular formula is C9H18O2. The summed E-state index contributed by atoms with van der Waals surface area (Å²) in [5.74, 6) is 0.604. The van der Waals surface area contributed by atoms with Gasteiger partial charge < -0.3 is 10.2 Å². The average Bonchev–Trinajstić information content (AvgIpc) is 1.86. The van der Waals surface area contributed by atoms with Crippen LogP contribution in [0.25, 0.3) is 0 Å². The maximum atomic E-state index is 9.10. The molecule has 2 atom stereocenters. The summed E-state index contributed by atoms with van der Waals surface area (Å²) in [6, 6.07) is 0. The first-order chi connectivity index (χ1) is 5.04. The molecule has 0 radical (unpaired) electrons. The first-order valence-corrected chi connectivity index (χ1v) is 4.06. The van der Waals surface area contributed by atoms with Gasteiger partial charge in [-0.05, 0) is 19.3 Å². The number of aliphatic hydroxyl groups excluding tert-OH is 2. The van der Waals surface area contributed by atoms with E-state index in [4.69, 9.17) is 10.2 Å². The van der Waals surface area contributed by atoms with Crippen molar-refractivity contribution in [3.05, 3.63) is 12.2 Å². The molecule has 0 aromatic carbocycles. The van der Waals surface area contributed by atoms with Crippen LogP contribution in [0.15, 0.2) is 12.2 Å². The van der Waals surface area contributed by atoms with Crippen molar-refractivity contribution < 1.29 is 10.2 Å². The summed E-state index contributed by atoms with van der Waals surface area (Å²) in [7, 11) is 0. The lowest BCUT2D eigenvalue weighted by Crippen LogP contribution is -2.19. The molecule has 2 N–H and O–H groups in total. The SMILES string of the molecule is CC(C)CC=CC(O)C(C)O. The highest BCUT2D eigenvalue weighted by atomic mass is 16.3. The second kappa shape index (κ2) is 5.33. The van der Waals surface area contributed by atoms with Crippen LogP contribution in [0.2, 0.25) is 0 Å². The van der Waals surface area contributed by atoms with Crippen molar-refractivity contribution in [1.82, 2.24) is 0 Å². The van der Waals surface area contributed by atoms with Crippen molar-refractivity contribution in [3.8, 4) is 0 Å². The number of aliphatic hydroxyl groups is 2. The van der Waals surface area contributed by atoms with Crippen molar-refractivity contribution >= 4 is 0 Å². The maximum Gasteiger partial charge on any atom is 0.0977 e. The monoisotopic (exact) mass is 158 g/mol. The van der Waals surface area contributed by atoms with Crippen molar-refractivity contribution in [2.24, 2.45) is 5.92 Å². The smallest absolute Gasteiger partial charge is 0.0977 e. The average molecular weight is 158 g/mol. The molecule has 66 valence electrons. The normalized spacial score (nSPS) is 17.6. The predicted molar refractivity (Wildman–Crippen MR) is 46.3 cm³/mol. The van der Waals surface area contributed by atoms with Crippen LogP contribution >= 0.6 is 0 Å². The quantitative estimate of drug-likeness (QED) is 0.606. The van der Waals surface area contributed by atoms with Crippen LogP contribution < -0.4 is 0 Å². The van der Waals surface area contributed by atoms with Gasteiger partial charge in [-0.2, -0.15) is 0 Å².